The minimum absolute atomic E-state index is 0.128. The summed E-state index contributed by atoms with van der Waals surface area (Å²) in [6.45, 7) is 1.51. The number of nitrogens with one attached hydrogen (secondary N) is 1. The van der Waals surface area contributed by atoms with E-state index in [9.17, 15) is 4.79 Å². The highest BCUT2D eigenvalue weighted by Gasteiger charge is 2.10. The van der Waals surface area contributed by atoms with Crippen LogP contribution in [0.1, 0.15) is 16.7 Å². The maximum atomic E-state index is 12.2. The summed E-state index contributed by atoms with van der Waals surface area (Å²) in [6, 6.07) is 15.3. The molecule has 4 nitrogen and oxygen atoms in total. The zero-order valence-electron chi connectivity index (χ0n) is 13.4. The van der Waals surface area contributed by atoms with Crippen molar-refractivity contribution in [1.82, 2.24) is 10.2 Å². The van der Waals surface area contributed by atoms with Crippen molar-refractivity contribution >= 4 is 17.6 Å². The number of carbonyl (C=O) groups is 1. The molecule has 0 spiro atoms. The summed E-state index contributed by atoms with van der Waals surface area (Å²) in [4.78, 5) is 13.9. The lowest BCUT2D eigenvalue weighted by Crippen LogP contribution is -2.36. The molecule has 2 rings (SSSR count). The van der Waals surface area contributed by atoms with Crippen molar-refractivity contribution in [3.8, 4) is 0 Å². The topological polar surface area (TPSA) is 41.6 Å². The number of hydrogen-bond donors (Lipinski definition) is 1. The maximum Gasteiger partial charge on any atom is 0.317 e. The molecule has 0 saturated carbocycles. The molecule has 0 saturated heterocycles. The predicted molar refractivity (Wildman–Crippen MR) is 92.3 cm³/mol. The van der Waals surface area contributed by atoms with Gasteiger partial charge >= 0.3 is 6.03 Å². The summed E-state index contributed by atoms with van der Waals surface area (Å²) >= 11 is 5.97. The molecular weight excluding hydrogens is 312 g/mol. The minimum atomic E-state index is -0.128. The van der Waals surface area contributed by atoms with Crippen LogP contribution in [0.3, 0.4) is 0 Å². The monoisotopic (exact) mass is 332 g/mol. The van der Waals surface area contributed by atoms with Crippen molar-refractivity contribution in [3.05, 3.63) is 70.2 Å². The van der Waals surface area contributed by atoms with Crippen LogP contribution in [-0.4, -0.2) is 25.1 Å². The molecule has 0 radical (unpaired) electrons. The van der Waals surface area contributed by atoms with Gasteiger partial charge in [-0.2, -0.15) is 0 Å². The summed E-state index contributed by atoms with van der Waals surface area (Å²) in [5.41, 5.74) is 3.13. The summed E-state index contributed by atoms with van der Waals surface area (Å²) in [5, 5.41) is 3.60. The van der Waals surface area contributed by atoms with Crippen LogP contribution in [0.15, 0.2) is 48.5 Å². The standard InChI is InChI=1S/C18H21ClN2O2/c1-21(12-14-6-5-9-17(19)10-14)18(22)20-11-15-7-3-4-8-16(15)13-23-2/h3-10H,11-13H2,1-2H3,(H,20,22). The Bertz CT molecular complexity index is 661. The number of ether oxygens (including phenoxy) is 1. The van der Waals surface area contributed by atoms with E-state index in [0.29, 0.717) is 24.7 Å². The fourth-order valence-corrected chi connectivity index (χ4v) is 2.53. The van der Waals surface area contributed by atoms with E-state index in [2.05, 4.69) is 5.32 Å². The van der Waals surface area contributed by atoms with Crippen LogP contribution in [0.25, 0.3) is 0 Å². The van der Waals surface area contributed by atoms with Gasteiger partial charge < -0.3 is 15.0 Å². The zero-order valence-corrected chi connectivity index (χ0v) is 14.1. The first-order valence-electron chi connectivity index (χ1n) is 7.39. The third-order valence-electron chi connectivity index (χ3n) is 3.50. The van der Waals surface area contributed by atoms with E-state index in [4.69, 9.17) is 16.3 Å². The zero-order chi connectivity index (χ0) is 16.7. The number of methoxy groups -OCH3 is 1. The van der Waals surface area contributed by atoms with Gasteiger partial charge in [0, 0.05) is 32.3 Å². The van der Waals surface area contributed by atoms with Crippen LogP contribution >= 0.6 is 11.6 Å². The van der Waals surface area contributed by atoms with Gasteiger partial charge in [0.2, 0.25) is 0 Å². The number of hydrogen-bond acceptors (Lipinski definition) is 2. The van der Waals surface area contributed by atoms with Gasteiger partial charge in [0.1, 0.15) is 0 Å². The highest BCUT2D eigenvalue weighted by molar-refractivity contribution is 6.30. The molecule has 0 bridgehead atoms. The van der Waals surface area contributed by atoms with Crippen molar-refractivity contribution < 1.29 is 9.53 Å². The molecule has 122 valence electrons. The lowest BCUT2D eigenvalue weighted by molar-refractivity contribution is 0.183. The van der Waals surface area contributed by atoms with Crippen LogP contribution in [-0.2, 0) is 24.4 Å². The molecule has 0 aliphatic carbocycles. The second-order valence-electron chi connectivity index (χ2n) is 5.35. The molecule has 1 N–H and O–H groups in total. The Hall–Kier alpha value is -2.04. The normalized spacial score (nSPS) is 10.4. The molecule has 0 aliphatic heterocycles. The van der Waals surface area contributed by atoms with Gasteiger partial charge in [0.25, 0.3) is 0 Å². The van der Waals surface area contributed by atoms with E-state index in [1.807, 2.05) is 48.5 Å². The molecule has 0 atom stereocenters. The van der Waals surface area contributed by atoms with Crippen molar-refractivity contribution in [2.24, 2.45) is 0 Å². The second kappa shape index (κ2) is 8.56. The Morgan fingerprint density at radius 3 is 2.61 bits per heavy atom. The number of urea groups is 1. The van der Waals surface area contributed by atoms with Crippen LogP contribution < -0.4 is 5.32 Å². The van der Waals surface area contributed by atoms with Crippen LogP contribution in [0.5, 0.6) is 0 Å². The predicted octanol–water partition coefficient (Wildman–Crippen LogP) is 3.83. The van der Waals surface area contributed by atoms with E-state index < -0.39 is 0 Å². The van der Waals surface area contributed by atoms with Gasteiger partial charge in [-0.25, -0.2) is 4.79 Å². The quantitative estimate of drug-likeness (QED) is 0.873. The Balaban J connectivity index is 1.91. The first kappa shape index (κ1) is 17.3. The summed E-state index contributed by atoms with van der Waals surface area (Å²) in [5.74, 6) is 0. The van der Waals surface area contributed by atoms with E-state index in [-0.39, 0.29) is 6.03 Å². The molecule has 0 heterocycles. The lowest BCUT2D eigenvalue weighted by Gasteiger charge is -2.19. The number of benzene rings is 2. The van der Waals surface area contributed by atoms with Crippen molar-refractivity contribution in [2.45, 2.75) is 19.7 Å². The summed E-state index contributed by atoms with van der Waals surface area (Å²) in [6.07, 6.45) is 0. The summed E-state index contributed by atoms with van der Waals surface area (Å²) < 4.78 is 5.18. The molecular formula is C18H21ClN2O2. The van der Waals surface area contributed by atoms with Crippen molar-refractivity contribution in [2.75, 3.05) is 14.2 Å². The molecule has 2 aromatic carbocycles. The van der Waals surface area contributed by atoms with E-state index in [1.54, 1.807) is 19.1 Å². The van der Waals surface area contributed by atoms with Gasteiger partial charge in [-0.15, -0.1) is 0 Å². The highest BCUT2D eigenvalue weighted by Crippen LogP contribution is 2.13. The fourth-order valence-electron chi connectivity index (χ4n) is 2.31. The first-order chi connectivity index (χ1) is 11.1. The Morgan fingerprint density at radius 1 is 1.17 bits per heavy atom. The van der Waals surface area contributed by atoms with Crippen molar-refractivity contribution in [3.63, 3.8) is 0 Å². The molecule has 0 unspecified atom stereocenters. The largest absolute Gasteiger partial charge is 0.380 e. The number of halogens is 1. The Kier molecular flexibility index (Phi) is 6.44. The number of rotatable bonds is 6. The third kappa shape index (κ3) is 5.27. The Labute approximate surface area is 142 Å². The maximum absolute atomic E-state index is 12.2. The third-order valence-corrected chi connectivity index (χ3v) is 3.74. The van der Waals surface area contributed by atoms with Gasteiger partial charge in [-0.1, -0.05) is 48.0 Å². The first-order valence-corrected chi connectivity index (χ1v) is 7.77. The molecule has 5 heteroatoms. The van der Waals surface area contributed by atoms with Crippen molar-refractivity contribution in [1.29, 1.82) is 0 Å². The smallest absolute Gasteiger partial charge is 0.317 e. The molecule has 0 fully saturated rings. The summed E-state index contributed by atoms with van der Waals surface area (Å²) in [7, 11) is 3.42. The molecule has 0 aromatic heterocycles. The SMILES string of the molecule is COCc1ccccc1CNC(=O)N(C)Cc1cccc(Cl)c1. The Morgan fingerprint density at radius 2 is 1.91 bits per heavy atom. The molecule has 0 aliphatic rings. The van der Waals surface area contributed by atoms with Gasteiger partial charge in [-0.05, 0) is 28.8 Å². The van der Waals surface area contributed by atoms with E-state index in [0.717, 1.165) is 16.7 Å². The number of nitrogens with zero attached hydrogens (tertiary/aromatic N) is 1. The van der Waals surface area contributed by atoms with Gasteiger partial charge in [0.05, 0.1) is 6.61 Å². The van der Waals surface area contributed by atoms with E-state index in [1.165, 1.54) is 0 Å². The molecule has 23 heavy (non-hydrogen) atoms. The highest BCUT2D eigenvalue weighted by atomic mass is 35.5. The lowest BCUT2D eigenvalue weighted by atomic mass is 10.1. The fraction of sp³-hybridized carbons (Fsp3) is 0.278. The number of amides is 2. The van der Waals surface area contributed by atoms with Crippen LogP contribution in [0.4, 0.5) is 4.79 Å². The minimum Gasteiger partial charge on any atom is -0.380 e. The average molecular weight is 333 g/mol. The number of carbonyl (C=O) groups excluding carboxylic acids is 1. The average Bonchev–Trinajstić information content (AvgIpc) is 2.54. The van der Waals surface area contributed by atoms with Gasteiger partial charge in [-0.3, -0.25) is 0 Å². The second-order valence-corrected chi connectivity index (χ2v) is 5.78. The molecule has 2 aromatic rings. The van der Waals surface area contributed by atoms with Crippen LogP contribution in [0, 0.1) is 0 Å². The van der Waals surface area contributed by atoms with E-state index >= 15 is 0 Å². The van der Waals surface area contributed by atoms with Crippen LogP contribution in [0.2, 0.25) is 5.02 Å². The van der Waals surface area contributed by atoms with Gasteiger partial charge in [0.15, 0.2) is 0 Å². The molecule has 2 amide bonds.